The van der Waals surface area contributed by atoms with Crippen LogP contribution < -0.4 is 5.32 Å². The fourth-order valence-corrected chi connectivity index (χ4v) is 6.04. The van der Waals surface area contributed by atoms with Gasteiger partial charge < -0.3 is 25.2 Å². The van der Waals surface area contributed by atoms with Gasteiger partial charge in [0.2, 0.25) is 11.8 Å². The van der Waals surface area contributed by atoms with E-state index in [1.807, 2.05) is 0 Å². The van der Waals surface area contributed by atoms with Crippen molar-refractivity contribution in [1.82, 2.24) is 10.2 Å². The fraction of sp³-hybridized carbons (Fsp3) is 0.474. The van der Waals surface area contributed by atoms with Crippen molar-refractivity contribution in [2.24, 2.45) is 5.92 Å². The highest BCUT2D eigenvalue weighted by atomic mass is 32.2. The lowest BCUT2D eigenvalue weighted by atomic mass is 9.92. The van der Waals surface area contributed by atoms with Crippen molar-refractivity contribution in [3.63, 3.8) is 0 Å². The number of carbonyl (C=O) groups excluding carboxylic acids is 2. The number of rotatable bonds is 5. The molecule has 3 aliphatic heterocycles. The first kappa shape index (κ1) is 19.6. The van der Waals surface area contributed by atoms with Crippen LogP contribution in [-0.4, -0.2) is 61.1 Å². The maximum atomic E-state index is 12.9. The van der Waals surface area contributed by atoms with Crippen LogP contribution in [0.15, 0.2) is 35.3 Å². The normalized spacial score (nSPS) is 30.0. The van der Waals surface area contributed by atoms with E-state index >= 15 is 0 Å². The Bertz CT molecular complexity index is 920. The van der Waals surface area contributed by atoms with Gasteiger partial charge in [-0.3, -0.25) is 14.4 Å². The third-order valence-electron chi connectivity index (χ3n) is 5.71. The van der Waals surface area contributed by atoms with Crippen molar-refractivity contribution in [3.05, 3.63) is 35.3 Å². The minimum Gasteiger partial charge on any atom is -0.480 e. The molecule has 29 heavy (non-hydrogen) atoms. The molecule has 0 aromatic rings. The number of ether oxygens (including phenoxy) is 1. The fourth-order valence-electron chi connectivity index (χ4n) is 4.41. The highest BCUT2D eigenvalue weighted by molar-refractivity contribution is 8.01. The van der Waals surface area contributed by atoms with Crippen molar-refractivity contribution < 1.29 is 34.1 Å². The van der Waals surface area contributed by atoms with Gasteiger partial charge in [-0.25, -0.2) is 4.79 Å². The Labute approximate surface area is 170 Å². The van der Waals surface area contributed by atoms with Crippen LogP contribution >= 0.6 is 11.8 Å². The molecule has 3 N–H and O–H groups in total. The lowest BCUT2D eigenvalue weighted by Crippen LogP contribution is -2.71. The Morgan fingerprint density at radius 2 is 2.03 bits per heavy atom. The van der Waals surface area contributed by atoms with Gasteiger partial charge in [-0.05, 0) is 49.5 Å². The molecular formula is C19H20N2O7S. The number of nitrogens with zero attached hydrogens (tertiary/aromatic N) is 1. The second kappa shape index (κ2) is 6.65. The smallest absolute Gasteiger partial charge is 0.327 e. The predicted molar refractivity (Wildman–Crippen MR) is 101 cm³/mol. The largest absolute Gasteiger partial charge is 0.480 e. The molecule has 0 bridgehead atoms. The second-order valence-corrected chi connectivity index (χ2v) is 9.65. The Kier molecular flexibility index (Phi) is 4.49. The van der Waals surface area contributed by atoms with E-state index in [0.29, 0.717) is 24.0 Å². The monoisotopic (exact) mass is 420 g/mol. The summed E-state index contributed by atoms with van der Waals surface area (Å²) in [5.74, 6) is -5.09. The third kappa shape index (κ3) is 2.93. The number of carbonyl (C=O) groups is 4. The summed E-state index contributed by atoms with van der Waals surface area (Å²) < 4.78 is 4.39. The van der Waals surface area contributed by atoms with Crippen LogP contribution in [-0.2, 0) is 23.9 Å². The lowest BCUT2D eigenvalue weighted by molar-refractivity contribution is -0.161. The number of thioether (sulfide) groups is 1. The zero-order valence-corrected chi connectivity index (χ0v) is 16.6. The molecule has 4 atom stereocenters. The Morgan fingerprint density at radius 3 is 2.69 bits per heavy atom. The minimum absolute atomic E-state index is 0.413. The van der Waals surface area contributed by atoms with Gasteiger partial charge >= 0.3 is 11.9 Å². The molecular weight excluding hydrogens is 400 g/mol. The molecule has 0 saturated carbocycles. The van der Waals surface area contributed by atoms with E-state index in [1.54, 1.807) is 19.9 Å². The van der Waals surface area contributed by atoms with Crippen LogP contribution in [0.5, 0.6) is 0 Å². The molecule has 4 unspecified atom stereocenters. The van der Waals surface area contributed by atoms with E-state index in [2.05, 4.69) is 5.32 Å². The number of aliphatic carboxylic acids is 2. The van der Waals surface area contributed by atoms with Gasteiger partial charge in [0, 0.05) is 4.75 Å². The number of hydrogen-bond donors (Lipinski definition) is 3. The van der Waals surface area contributed by atoms with E-state index in [0.717, 1.165) is 5.57 Å². The molecule has 0 spiro atoms. The lowest BCUT2D eigenvalue weighted by Gasteiger charge is -2.43. The van der Waals surface area contributed by atoms with Gasteiger partial charge in [-0.15, -0.1) is 11.8 Å². The van der Waals surface area contributed by atoms with Crippen molar-refractivity contribution in [2.45, 2.75) is 48.9 Å². The molecule has 0 radical (unpaired) electrons. The highest BCUT2D eigenvalue weighted by Gasteiger charge is 2.64. The molecule has 9 nitrogen and oxygen atoms in total. The quantitative estimate of drug-likeness (QED) is 0.440. The maximum absolute atomic E-state index is 12.9. The van der Waals surface area contributed by atoms with Crippen LogP contribution in [0, 0.1) is 5.92 Å². The van der Waals surface area contributed by atoms with Gasteiger partial charge in [-0.2, -0.15) is 0 Å². The number of nitrogens with one attached hydrogen (secondary N) is 1. The standard InChI is InChI=1S/C19H20N2O7S/c1-19(2)13(18(26)27)21-15(23)12(16(21)29-19)20-14(22)11(17(24)25)10-4-3-8-7-28-6-5-9(8)10/h5-7,11-13,16H,3-4H2,1-2H3,(H,20,22)(H,24,25)(H,26,27). The summed E-state index contributed by atoms with van der Waals surface area (Å²) in [5, 5.41) is 21.2. The second-order valence-electron chi connectivity index (χ2n) is 7.88. The molecule has 4 aliphatic rings. The Balaban J connectivity index is 1.55. The predicted octanol–water partition coefficient (Wildman–Crippen LogP) is 0.837. The molecule has 4 rings (SSSR count). The number of carboxylic acid groups (broad SMARTS) is 2. The number of amides is 2. The first-order chi connectivity index (χ1) is 13.6. The van der Waals surface area contributed by atoms with Crippen LogP contribution in [0.25, 0.3) is 0 Å². The molecule has 2 amide bonds. The molecule has 2 fully saturated rings. The molecule has 3 heterocycles. The summed E-state index contributed by atoms with van der Waals surface area (Å²) >= 11 is 1.29. The van der Waals surface area contributed by atoms with Crippen LogP contribution in [0.3, 0.4) is 0 Å². The number of carboxylic acids is 2. The third-order valence-corrected chi connectivity index (χ3v) is 7.28. The average molecular weight is 420 g/mol. The van der Waals surface area contributed by atoms with Crippen molar-refractivity contribution in [3.8, 4) is 0 Å². The summed E-state index contributed by atoms with van der Waals surface area (Å²) in [6, 6.07) is -1.93. The van der Waals surface area contributed by atoms with E-state index in [4.69, 9.17) is 4.74 Å². The number of allylic oxidation sites excluding steroid dienone is 3. The van der Waals surface area contributed by atoms with E-state index in [1.165, 1.54) is 29.2 Å². The summed E-state index contributed by atoms with van der Waals surface area (Å²) in [5.41, 5.74) is 2.00. The summed E-state index contributed by atoms with van der Waals surface area (Å²) in [4.78, 5) is 50.2. The Morgan fingerprint density at radius 1 is 1.31 bits per heavy atom. The highest BCUT2D eigenvalue weighted by Crippen LogP contribution is 2.51. The number of β-lactam (4-membered cyclic amide) rings is 1. The van der Waals surface area contributed by atoms with Crippen molar-refractivity contribution in [2.75, 3.05) is 0 Å². The first-order valence-corrected chi connectivity index (χ1v) is 10.0. The summed E-state index contributed by atoms with van der Waals surface area (Å²) in [7, 11) is 0. The maximum Gasteiger partial charge on any atom is 0.327 e. The molecule has 0 aromatic carbocycles. The van der Waals surface area contributed by atoms with Crippen LogP contribution in [0.1, 0.15) is 26.7 Å². The van der Waals surface area contributed by atoms with E-state index < -0.39 is 51.9 Å². The van der Waals surface area contributed by atoms with Crippen LogP contribution in [0.2, 0.25) is 0 Å². The Hall–Kier alpha value is -2.75. The summed E-state index contributed by atoms with van der Waals surface area (Å²) in [6.07, 6.45) is 5.60. The van der Waals surface area contributed by atoms with Gasteiger partial charge in [0.15, 0.2) is 5.92 Å². The first-order valence-electron chi connectivity index (χ1n) is 9.14. The average Bonchev–Trinajstić information content (AvgIpc) is 3.16. The van der Waals surface area contributed by atoms with Crippen LogP contribution in [0.4, 0.5) is 0 Å². The van der Waals surface area contributed by atoms with Gasteiger partial charge in [0.05, 0.1) is 12.5 Å². The zero-order valence-electron chi connectivity index (χ0n) is 15.7. The van der Waals surface area contributed by atoms with E-state index in [-0.39, 0.29) is 0 Å². The SMILES string of the molecule is CC1(C)SC2C(NC(=O)C(C(=O)O)C3=C4C=COC=C4CC3)C(=O)N2C1C(=O)O. The van der Waals surface area contributed by atoms with Gasteiger partial charge in [0.1, 0.15) is 17.5 Å². The van der Waals surface area contributed by atoms with Gasteiger partial charge in [-0.1, -0.05) is 0 Å². The molecule has 0 aromatic heterocycles. The number of fused-ring (bicyclic) bond motifs is 2. The van der Waals surface area contributed by atoms with Crippen molar-refractivity contribution >= 4 is 35.5 Å². The minimum atomic E-state index is -1.42. The summed E-state index contributed by atoms with van der Waals surface area (Å²) in [6.45, 7) is 3.47. The zero-order chi connectivity index (χ0) is 21.1. The number of hydrogen-bond acceptors (Lipinski definition) is 6. The van der Waals surface area contributed by atoms with E-state index in [9.17, 15) is 29.4 Å². The topological polar surface area (TPSA) is 133 Å². The molecule has 2 saturated heterocycles. The van der Waals surface area contributed by atoms with Gasteiger partial charge in [0.25, 0.3) is 0 Å². The molecule has 10 heteroatoms. The molecule has 154 valence electrons. The van der Waals surface area contributed by atoms with Crippen molar-refractivity contribution in [1.29, 1.82) is 0 Å². The molecule has 1 aliphatic carbocycles.